The van der Waals surface area contributed by atoms with Gasteiger partial charge in [0.2, 0.25) is 0 Å². The highest BCUT2D eigenvalue weighted by atomic mass is 32.2. The summed E-state index contributed by atoms with van der Waals surface area (Å²) in [5.41, 5.74) is 2.90. The van der Waals surface area contributed by atoms with E-state index in [2.05, 4.69) is 5.32 Å². The summed E-state index contributed by atoms with van der Waals surface area (Å²) in [6.07, 6.45) is 4.21. The van der Waals surface area contributed by atoms with Gasteiger partial charge in [-0.2, -0.15) is 0 Å². The van der Waals surface area contributed by atoms with Crippen LogP contribution in [0.3, 0.4) is 0 Å². The van der Waals surface area contributed by atoms with E-state index in [-0.39, 0.29) is 29.5 Å². The van der Waals surface area contributed by atoms with Gasteiger partial charge in [-0.1, -0.05) is 42.7 Å². The van der Waals surface area contributed by atoms with Crippen LogP contribution >= 0.6 is 0 Å². The van der Waals surface area contributed by atoms with Crippen molar-refractivity contribution in [1.82, 2.24) is 4.90 Å². The molecule has 1 amide bonds. The van der Waals surface area contributed by atoms with E-state index in [0.717, 1.165) is 36.9 Å². The maximum absolute atomic E-state index is 13.1. The lowest BCUT2D eigenvalue weighted by molar-refractivity contribution is -0.139. The Hall–Kier alpha value is -2.87. The maximum Gasteiger partial charge on any atom is 0.340 e. The fourth-order valence-electron chi connectivity index (χ4n) is 4.72. The Bertz CT molecular complexity index is 1110. The van der Waals surface area contributed by atoms with Crippen LogP contribution < -0.4 is 5.32 Å². The van der Waals surface area contributed by atoms with Crippen LogP contribution in [-0.2, 0) is 19.4 Å². The number of carbonyl (C=O) groups excluding carboxylic acids is 2. The van der Waals surface area contributed by atoms with Gasteiger partial charge < -0.3 is 15.0 Å². The molecule has 2 aromatic carbocycles. The van der Waals surface area contributed by atoms with E-state index >= 15 is 0 Å². The molecule has 4 rings (SSSR count). The van der Waals surface area contributed by atoms with Gasteiger partial charge in [0.05, 0.1) is 22.8 Å². The van der Waals surface area contributed by atoms with Crippen LogP contribution in [0.25, 0.3) is 0 Å². The molecule has 2 aliphatic rings. The molecule has 1 aliphatic carbocycles. The number of hydrogen-bond donors (Lipinski definition) is 1. The molecule has 176 valence electrons. The Morgan fingerprint density at radius 1 is 1.00 bits per heavy atom. The summed E-state index contributed by atoms with van der Waals surface area (Å²) < 4.78 is 29.4. The third kappa shape index (κ3) is 5.74. The van der Waals surface area contributed by atoms with Crippen molar-refractivity contribution >= 4 is 33.1 Å². The van der Waals surface area contributed by atoms with Crippen LogP contribution in [0.15, 0.2) is 48.5 Å². The van der Waals surface area contributed by atoms with Gasteiger partial charge in [-0.3, -0.25) is 4.79 Å². The first-order valence-corrected chi connectivity index (χ1v) is 13.3. The first-order chi connectivity index (χ1) is 15.8. The maximum atomic E-state index is 13.1. The second kappa shape index (κ2) is 9.95. The molecule has 0 spiro atoms. The Morgan fingerprint density at radius 3 is 2.36 bits per heavy atom. The first-order valence-electron chi connectivity index (χ1n) is 11.4. The minimum atomic E-state index is -3.13. The van der Waals surface area contributed by atoms with Crippen LogP contribution in [0.4, 0.5) is 11.4 Å². The number of anilines is 2. The van der Waals surface area contributed by atoms with E-state index in [0.29, 0.717) is 17.7 Å². The van der Waals surface area contributed by atoms with Crippen molar-refractivity contribution < 1.29 is 22.7 Å². The number of nitrogens with one attached hydrogen (secondary N) is 1. The average Bonchev–Trinajstić information content (AvgIpc) is 3.44. The monoisotopic (exact) mass is 470 g/mol. The van der Waals surface area contributed by atoms with Gasteiger partial charge in [0.25, 0.3) is 5.91 Å². The minimum Gasteiger partial charge on any atom is -0.452 e. The summed E-state index contributed by atoms with van der Waals surface area (Å²) in [7, 11) is -3.13. The van der Waals surface area contributed by atoms with Gasteiger partial charge in [-0.15, -0.1) is 0 Å². The summed E-state index contributed by atoms with van der Waals surface area (Å²) >= 11 is 0. The zero-order valence-corrected chi connectivity index (χ0v) is 19.6. The lowest BCUT2D eigenvalue weighted by Crippen LogP contribution is -2.48. The predicted molar refractivity (Wildman–Crippen MR) is 127 cm³/mol. The smallest absolute Gasteiger partial charge is 0.340 e. The Labute approximate surface area is 195 Å². The second-order valence-corrected chi connectivity index (χ2v) is 11.1. The molecule has 7 nitrogen and oxygen atoms in total. The van der Waals surface area contributed by atoms with Crippen molar-refractivity contribution in [2.75, 3.05) is 23.4 Å². The number of para-hydroxylation sites is 1. The van der Waals surface area contributed by atoms with Gasteiger partial charge in [-0.05, 0) is 50.5 Å². The second-order valence-electron chi connectivity index (χ2n) is 8.91. The molecule has 1 saturated heterocycles. The molecule has 2 aromatic rings. The molecule has 1 aliphatic heterocycles. The van der Waals surface area contributed by atoms with E-state index in [4.69, 9.17) is 4.74 Å². The lowest BCUT2D eigenvalue weighted by atomic mass is 10.1. The number of nitrogens with zero attached hydrogens (tertiary/aromatic N) is 1. The van der Waals surface area contributed by atoms with E-state index < -0.39 is 22.4 Å². The largest absolute Gasteiger partial charge is 0.452 e. The van der Waals surface area contributed by atoms with Crippen LogP contribution in [0.1, 0.15) is 48.0 Å². The minimum absolute atomic E-state index is 0.00745. The number of hydrogen-bond acceptors (Lipinski definition) is 6. The Kier molecular flexibility index (Phi) is 7.02. The first kappa shape index (κ1) is 23.3. The number of amides is 1. The standard InChI is InChI=1S/C25H30N2O5S/c1-18-10-12-19(13-11-18)26-23-9-5-4-8-22(23)25(29)32-16-24(28)27(20-6-2-3-7-20)21-14-15-33(30,31)17-21/h4-5,8-13,20-21,26H,2-3,6-7,14-17H2,1H3. The molecule has 1 heterocycles. The van der Waals surface area contributed by atoms with Gasteiger partial charge in [0.1, 0.15) is 0 Å². The van der Waals surface area contributed by atoms with Crippen LogP contribution in [0, 0.1) is 6.92 Å². The Morgan fingerprint density at radius 2 is 1.70 bits per heavy atom. The van der Waals surface area contributed by atoms with Crippen molar-refractivity contribution in [2.45, 2.75) is 51.1 Å². The molecule has 8 heteroatoms. The number of aryl methyl sites for hydroxylation is 1. The molecule has 0 aromatic heterocycles. The normalized spacial score (nSPS) is 19.8. The van der Waals surface area contributed by atoms with Gasteiger partial charge >= 0.3 is 5.97 Å². The molecular weight excluding hydrogens is 440 g/mol. The third-order valence-corrected chi connectivity index (χ3v) is 8.16. The highest BCUT2D eigenvalue weighted by Gasteiger charge is 2.39. The van der Waals surface area contributed by atoms with Crippen LogP contribution in [0.2, 0.25) is 0 Å². The van der Waals surface area contributed by atoms with Crippen molar-refractivity contribution in [3.8, 4) is 0 Å². The average molecular weight is 471 g/mol. The fourth-order valence-corrected chi connectivity index (χ4v) is 6.44. The van der Waals surface area contributed by atoms with E-state index in [9.17, 15) is 18.0 Å². The predicted octanol–water partition coefficient (Wildman–Crippen LogP) is 3.85. The molecule has 1 unspecified atom stereocenters. The molecule has 0 bridgehead atoms. The van der Waals surface area contributed by atoms with E-state index in [1.165, 1.54) is 0 Å². The molecule has 0 radical (unpaired) electrons. The number of ether oxygens (including phenoxy) is 1. The SMILES string of the molecule is Cc1ccc(Nc2ccccc2C(=O)OCC(=O)N(C2CCCC2)C2CCS(=O)(=O)C2)cc1. The van der Waals surface area contributed by atoms with Gasteiger partial charge in [-0.25, -0.2) is 13.2 Å². The number of rotatable bonds is 7. The highest BCUT2D eigenvalue weighted by molar-refractivity contribution is 7.91. The van der Waals surface area contributed by atoms with E-state index in [1.54, 1.807) is 23.1 Å². The number of esters is 1. The quantitative estimate of drug-likeness (QED) is 0.618. The van der Waals surface area contributed by atoms with Crippen molar-refractivity contribution in [1.29, 1.82) is 0 Å². The fraction of sp³-hybridized carbons (Fsp3) is 0.440. The van der Waals surface area contributed by atoms with Gasteiger partial charge in [0.15, 0.2) is 16.4 Å². The topological polar surface area (TPSA) is 92.8 Å². The molecule has 1 N–H and O–H groups in total. The number of benzene rings is 2. The van der Waals surface area contributed by atoms with Gasteiger partial charge in [0, 0.05) is 17.8 Å². The zero-order chi connectivity index (χ0) is 23.4. The Balaban J connectivity index is 1.44. The summed E-state index contributed by atoms with van der Waals surface area (Å²) in [6.45, 7) is 1.60. The molecule has 1 atom stereocenters. The lowest BCUT2D eigenvalue weighted by Gasteiger charge is -2.33. The molecule has 33 heavy (non-hydrogen) atoms. The highest BCUT2D eigenvalue weighted by Crippen LogP contribution is 2.29. The summed E-state index contributed by atoms with van der Waals surface area (Å²) in [4.78, 5) is 27.7. The van der Waals surface area contributed by atoms with Crippen molar-refractivity contribution in [3.05, 3.63) is 59.7 Å². The summed E-state index contributed by atoms with van der Waals surface area (Å²) in [6, 6.07) is 14.5. The third-order valence-electron chi connectivity index (χ3n) is 6.41. The number of carbonyl (C=O) groups is 2. The molecular formula is C25H30N2O5S. The van der Waals surface area contributed by atoms with Crippen LogP contribution in [-0.4, -0.2) is 55.4 Å². The summed E-state index contributed by atoms with van der Waals surface area (Å²) in [5.74, 6) is -0.816. The zero-order valence-electron chi connectivity index (χ0n) is 18.8. The van der Waals surface area contributed by atoms with Crippen molar-refractivity contribution in [3.63, 3.8) is 0 Å². The summed E-state index contributed by atoms with van der Waals surface area (Å²) in [5, 5.41) is 3.23. The molecule has 2 fully saturated rings. The van der Waals surface area contributed by atoms with E-state index in [1.807, 2.05) is 37.3 Å². The van der Waals surface area contributed by atoms with Crippen molar-refractivity contribution in [2.24, 2.45) is 0 Å². The van der Waals surface area contributed by atoms with Crippen LogP contribution in [0.5, 0.6) is 0 Å². The molecule has 1 saturated carbocycles. The number of sulfone groups is 1.